The number of hydrogen-bond acceptors (Lipinski definition) is 3. The Balaban J connectivity index is 1.77. The number of nitrogens with zero attached hydrogens (tertiary/aromatic N) is 1. The molecule has 0 aliphatic rings. The lowest BCUT2D eigenvalue weighted by atomic mass is 10.2. The summed E-state index contributed by atoms with van der Waals surface area (Å²) in [7, 11) is 0. The van der Waals surface area contributed by atoms with Crippen LogP contribution < -0.4 is 10.6 Å². The van der Waals surface area contributed by atoms with Crippen molar-refractivity contribution >= 4 is 23.1 Å². The quantitative estimate of drug-likeness (QED) is 0.645. The Morgan fingerprint density at radius 1 is 0.963 bits per heavy atom. The highest BCUT2D eigenvalue weighted by Crippen LogP contribution is 2.31. The zero-order chi connectivity index (χ0) is 19.4. The first-order valence-electron chi connectivity index (χ1n) is 8.09. The van der Waals surface area contributed by atoms with Gasteiger partial charge in [0.1, 0.15) is 5.82 Å². The number of anilines is 3. The van der Waals surface area contributed by atoms with Crippen molar-refractivity contribution in [2.75, 3.05) is 10.6 Å². The summed E-state index contributed by atoms with van der Waals surface area (Å²) in [6.07, 6.45) is -3.01. The number of carbonyl (C=O) groups is 1. The topological polar surface area (TPSA) is 54.0 Å². The minimum Gasteiger partial charge on any atom is -0.340 e. The molecular weight excluding hydrogens is 355 g/mol. The molecule has 0 radical (unpaired) electrons. The van der Waals surface area contributed by atoms with Gasteiger partial charge in [-0.1, -0.05) is 18.2 Å². The molecule has 0 spiro atoms. The van der Waals surface area contributed by atoms with Crippen molar-refractivity contribution in [2.45, 2.75) is 13.1 Å². The third-order valence-electron chi connectivity index (χ3n) is 3.76. The van der Waals surface area contributed by atoms with Gasteiger partial charge in [-0.05, 0) is 55.0 Å². The van der Waals surface area contributed by atoms with E-state index in [9.17, 15) is 18.0 Å². The number of benzene rings is 2. The van der Waals surface area contributed by atoms with Crippen LogP contribution in [0.1, 0.15) is 21.5 Å². The number of aryl methyl sites for hydroxylation is 1. The standard InChI is InChI=1S/C20H16F3N3O/c1-13-4-2-6-16(10-13)26-19(27)14-8-9-24-18(11-14)25-17-7-3-5-15(12-17)20(21,22)23/h2-12H,1H3,(H,24,25)(H,26,27). The van der Waals surface area contributed by atoms with E-state index in [1.807, 2.05) is 25.1 Å². The number of hydrogen-bond donors (Lipinski definition) is 2. The molecule has 4 nitrogen and oxygen atoms in total. The maximum atomic E-state index is 12.8. The van der Waals surface area contributed by atoms with E-state index < -0.39 is 11.7 Å². The van der Waals surface area contributed by atoms with E-state index in [0.29, 0.717) is 11.3 Å². The zero-order valence-electron chi connectivity index (χ0n) is 14.3. The van der Waals surface area contributed by atoms with Gasteiger partial charge in [0.25, 0.3) is 5.91 Å². The number of nitrogens with one attached hydrogen (secondary N) is 2. The molecular formula is C20H16F3N3O. The van der Waals surface area contributed by atoms with Crippen LogP contribution in [0.15, 0.2) is 66.9 Å². The lowest BCUT2D eigenvalue weighted by Crippen LogP contribution is -2.12. The van der Waals surface area contributed by atoms with Gasteiger partial charge >= 0.3 is 6.18 Å². The first kappa shape index (κ1) is 18.4. The molecule has 27 heavy (non-hydrogen) atoms. The van der Waals surface area contributed by atoms with Crippen LogP contribution in [0.3, 0.4) is 0 Å². The van der Waals surface area contributed by atoms with Gasteiger partial charge in [0.15, 0.2) is 0 Å². The molecule has 0 atom stereocenters. The molecule has 1 aromatic heterocycles. The Bertz CT molecular complexity index is 970. The van der Waals surface area contributed by atoms with Crippen molar-refractivity contribution < 1.29 is 18.0 Å². The van der Waals surface area contributed by atoms with E-state index in [1.165, 1.54) is 30.5 Å². The van der Waals surface area contributed by atoms with Crippen molar-refractivity contribution in [3.63, 3.8) is 0 Å². The summed E-state index contributed by atoms with van der Waals surface area (Å²) in [5, 5.41) is 5.57. The van der Waals surface area contributed by atoms with E-state index in [-0.39, 0.29) is 17.4 Å². The molecule has 0 fully saturated rings. The van der Waals surface area contributed by atoms with Crippen molar-refractivity contribution in [1.82, 2.24) is 4.98 Å². The van der Waals surface area contributed by atoms with E-state index >= 15 is 0 Å². The predicted molar refractivity (Wildman–Crippen MR) is 98.1 cm³/mol. The fourth-order valence-corrected chi connectivity index (χ4v) is 2.49. The molecule has 0 aliphatic carbocycles. The third kappa shape index (κ3) is 4.84. The van der Waals surface area contributed by atoms with Crippen LogP contribution in [0.5, 0.6) is 0 Å². The van der Waals surface area contributed by atoms with Crippen LogP contribution in [0.25, 0.3) is 0 Å². The molecule has 2 aromatic carbocycles. The molecule has 0 saturated heterocycles. The maximum absolute atomic E-state index is 12.8. The number of aromatic nitrogens is 1. The Morgan fingerprint density at radius 2 is 1.70 bits per heavy atom. The van der Waals surface area contributed by atoms with Gasteiger partial charge in [-0.3, -0.25) is 4.79 Å². The van der Waals surface area contributed by atoms with Gasteiger partial charge in [-0.25, -0.2) is 4.98 Å². The Morgan fingerprint density at radius 3 is 2.44 bits per heavy atom. The summed E-state index contributed by atoms with van der Waals surface area (Å²) in [6.45, 7) is 1.92. The molecule has 0 unspecified atom stereocenters. The normalized spacial score (nSPS) is 11.1. The van der Waals surface area contributed by atoms with E-state index in [4.69, 9.17) is 0 Å². The highest BCUT2D eigenvalue weighted by atomic mass is 19.4. The first-order valence-corrected chi connectivity index (χ1v) is 8.09. The average Bonchev–Trinajstić information content (AvgIpc) is 2.61. The largest absolute Gasteiger partial charge is 0.416 e. The van der Waals surface area contributed by atoms with Gasteiger partial charge in [0.2, 0.25) is 0 Å². The smallest absolute Gasteiger partial charge is 0.340 e. The van der Waals surface area contributed by atoms with Crippen LogP contribution in [-0.4, -0.2) is 10.9 Å². The molecule has 0 saturated carbocycles. The summed E-state index contributed by atoms with van der Waals surface area (Å²) in [5.41, 5.74) is 1.47. The Hall–Kier alpha value is -3.35. The van der Waals surface area contributed by atoms with Gasteiger partial charge in [0, 0.05) is 23.1 Å². The van der Waals surface area contributed by atoms with Gasteiger partial charge < -0.3 is 10.6 Å². The molecule has 3 aromatic rings. The molecule has 138 valence electrons. The first-order chi connectivity index (χ1) is 12.8. The summed E-state index contributed by atoms with van der Waals surface area (Å²) in [6, 6.07) is 15.1. The monoisotopic (exact) mass is 371 g/mol. The van der Waals surface area contributed by atoms with Gasteiger partial charge in [0.05, 0.1) is 5.56 Å². The highest BCUT2D eigenvalue weighted by molar-refractivity contribution is 6.04. The van der Waals surface area contributed by atoms with E-state index in [0.717, 1.165) is 17.7 Å². The highest BCUT2D eigenvalue weighted by Gasteiger charge is 2.30. The van der Waals surface area contributed by atoms with Crippen LogP contribution in [0, 0.1) is 6.92 Å². The lowest BCUT2D eigenvalue weighted by Gasteiger charge is -2.11. The molecule has 3 rings (SSSR count). The lowest BCUT2D eigenvalue weighted by molar-refractivity contribution is -0.137. The van der Waals surface area contributed by atoms with Crippen molar-refractivity contribution in [1.29, 1.82) is 0 Å². The number of pyridine rings is 1. The summed E-state index contributed by atoms with van der Waals surface area (Å²) in [4.78, 5) is 16.5. The number of alkyl halides is 3. The summed E-state index contributed by atoms with van der Waals surface area (Å²) in [5.74, 6) is -0.0682. The number of carbonyl (C=O) groups excluding carboxylic acids is 1. The fourth-order valence-electron chi connectivity index (χ4n) is 2.49. The van der Waals surface area contributed by atoms with Crippen molar-refractivity contribution in [3.8, 4) is 0 Å². The number of amides is 1. The van der Waals surface area contributed by atoms with Crippen molar-refractivity contribution in [2.24, 2.45) is 0 Å². The van der Waals surface area contributed by atoms with E-state index in [1.54, 1.807) is 6.07 Å². The van der Waals surface area contributed by atoms with Gasteiger partial charge in [-0.15, -0.1) is 0 Å². The summed E-state index contributed by atoms with van der Waals surface area (Å²) < 4.78 is 38.4. The van der Waals surface area contributed by atoms with Crippen LogP contribution in [-0.2, 0) is 6.18 Å². The Labute approximate surface area is 154 Å². The molecule has 1 amide bonds. The Kier molecular flexibility index (Phi) is 5.12. The minimum absolute atomic E-state index is 0.230. The molecule has 7 heteroatoms. The maximum Gasteiger partial charge on any atom is 0.416 e. The van der Waals surface area contributed by atoms with E-state index in [2.05, 4.69) is 15.6 Å². The van der Waals surface area contributed by atoms with Gasteiger partial charge in [-0.2, -0.15) is 13.2 Å². The second-order valence-corrected chi connectivity index (χ2v) is 5.96. The summed E-state index contributed by atoms with van der Waals surface area (Å²) >= 11 is 0. The number of rotatable bonds is 4. The molecule has 1 heterocycles. The predicted octanol–water partition coefficient (Wildman–Crippen LogP) is 5.40. The molecule has 0 bridgehead atoms. The fraction of sp³-hybridized carbons (Fsp3) is 0.100. The minimum atomic E-state index is -4.43. The average molecular weight is 371 g/mol. The third-order valence-corrected chi connectivity index (χ3v) is 3.76. The van der Waals surface area contributed by atoms with Crippen LogP contribution >= 0.6 is 0 Å². The van der Waals surface area contributed by atoms with Crippen LogP contribution in [0.4, 0.5) is 30.4 Å². The van der Waals surface area contributed by atoms with Crippen LogP contribution in [0.2, 0.25) is 0 Å². The SMILES string of the molecule is Cc1cccc(NC(=O)c2ccnc(Nc3cccc(C(F)(F)F)c3)c2)c1. The second kappa shape index (κ2) is 7.49. The zero-order valence-corrected chi connectivity index (χ0v) is 14.3. The molecule has 2 N–H and O–H groups in total. The second-order valence-electron chi connectivity index (χ2n) is 5.96. The number of halogens is 3. The van der Waals surface area contributed by atoms with Crippen molar-refractivity contribution in [3.05, 3.63) is 83.6 Å². The molecule has 0 aliphatic heterocycles.